The van der Waals surface area contributed by atoms with Crippen LogP contribution in [0.1, 0.15) is 35.4 Å². The molecule has 2 unspecified atom stereocenters. The average molecular weight is 289 g/mol. The third kappa shape index (κ3) is 3.24. The summed E-state index contributed by atoms with van der Waals surface area (Å²) >= 11 is 0. The second-order valence-corrected chi connectivity index (χ2v) is 6.29. The number of carboxylic acids is 1. The van der Waals surface area contributed by atoms with Crippen LogP contribution < -0.4 is 0 Å². The molecule has 0 aliphatic carbocycles. The Morgan fingerprint density at radius 2 is 2.24 bits per heavy atom. The average Bonchev–Trinajstić information content (AvgIpc) is 2.47. The van der Waals surface area contributed by atoms with Crippen molar-refractivity contribution in [1.29, 1.82) is 0 Å². The number of nitrogens with zero attached hydrogens (tertiary/aromatic N) is 3. The van der Waals surface area contributed by atoms with Crippen LogP contribution in [0.25, 0.3) is 0 Å². The number of carboxylic acid groups (broad SMARTS) is 1. The molecule has 21 heavy (non-hydrogen) atoms. The zero-order valence-corrected chi connectivity index (χ0v) is 12.5. The molecule has 2 saturated heterocycles. The second-order valence-electron chi connectivity index (χ2n) is 6.29. The van der Waals surface area contributed by atoms with Crippen LogP contribution in [-0.2, 0) is 6.54 Å². The first-order valence-corrected chi connectivity index (χ1v) is 7.75. The SMILES string of the molecule is CN1CCCC2CN(Cc3cccc(C(=O)O)n3)CCC21. The van der Waals surface area contributed by atoms with E-state index in [4.69, 9.17) is 5.11 Å². The molecule has 0 amide bonds. The first-order valence-electron chi connectivity index (χ1n) is 7.75. The van der Waals surface area contributed by atoms with Crippen LogP contribution in [0, 0.1) is 5.92 Å². The largest absolute Gasteiger partial charge is 0.477 e. The van der Waals surface area contributed by atoms with E-state index in [1.165, 1.54) is 25.8 Å². The van der Waals surface area contributed by atoms with Crippen molar-refractivity contribution in [2.45, 2.75) is 31.8 Å². The topological polar surface area (TPSA) is 56.7 Å². The Kier molecular flexibility index (Phi) is 4.22. The number of hydrogen-bond acceptors (Lipinski definition) is 4. The van der Waals surface area contributed by atoms with Crippen LogP contribution in [0.5, 0.6) is 0 Å². The van der Waals surface area contributed by atoms with Crippen LogP contribution in [0.2, 0.25) is 0 Å². The van der Waals surface area contributed by atoms with Gasteiger partial charge in [-0.25, -0.2) is 9.78 Å². The minimum atomic E-state index is -0.954. The molecule has 3 rings (SSSR count). The third-order valence-corrected chi connectivity index (χ3v) is 4.84. The Balaban J connectivity index is 1.64. The molecular weight excluding hydrogens is 266 g/mol. The van der Waals surface area contributed by atoms with Crippen molar-refractivity contribution in [1.82, 2.24) is 14.8 Å². The molecule has 0 radical (unpaired) electrons. The number of hydrogen-bond donors (Lipinski definition) is 1. The Morgan fingerprint density at radius 1 is 1.38 bits per heavy atom. The van der Waals surface area contributed by atoms with E-state index < -0.39 is 5.97 Å². The number of likely N-dealkylation sites (tertiary alicyclic amines) is 2. The highest BCUT2D eigenvalue weighted by Gasteiger charge is 2.34. The van der Waals surface area contributed by atoms with Crippen molar-refractivity contribution in [2.24, 2.45) is 5.92 Å². The lowest BCUT2D eigenvalue weighted by molar-refractivity contribution is 0.0349. The Labute approximate surface area is 125 Å². The van der Waals surface area contributed by atoms with Gasteiger partial charge in [-0.2, -0.15) is 0 Å². The molecule has 2 aliphatic heterocycles. The van der Waals surface area contributed by atoms with E-state index in [0.29, 0.717) is 0 Å². The van der Waals surface area contributed by atoms with E-state index >= 15 is 0 Å². The number of aromatic carboxylic acids is 1. The zero-order chi connectivity index (χ0) is 14.8. The summed E-state index contributed by atoms with van der Waals surface area (Å²) in [5.74, 6) is -0.204. The van der Waals surface area contributed by atoms with Crippen LogP contribution in [0.4, 0.5) is 0 Å². The highest BCUT2D eigenvalue weighted by atomic mass is 16.4. The number of pyridine rings is 1. The molecule has 1 N–H and O–H groups in total. The highest BCUT2D eigenvalue weighted by Crippen LogP contribution is 2.29. The van der Waals surface area contributed by atoms with E-state index in [-0.39, 0.29) is 5.69 Å². The van der Waals surface area contributed by atoms with Crippen LogP contribution >= 0.6 is 0 Å². The van der Waals surface area contributed by atoms with Gasteiger partial charge in [-0.1, -0.05) is 6.07 Å². The van der Waals surface area contributed by atoms with Gasteiger partial charge in [0.1, 0.15) is 5.69 Å². The molecule has 2 aliphatic rings. The molecule has 5 nitrogen and oxygen atoms in total. The molecular formula is C16H23N3O2. The molecule has 114 valence electrons. The van der Waals surface area contributed by atoms with Crippen molar-refractivity contribution in [3.8, 4) is 0 Å². The van der Waals surface area contributed by atoms with Crippen molar-refractivity contribution >= 4 is 5.97 Å². The lowest BCUT2D eigenvalue weighted by atomic mass is 9.84. The smallest absolute Gasteiger partial charge is 0.354 e. The Bertz CT molecular complexity index is 520. The van der Waals surface area contributed by atoms with Crippen LogP contribution in [-0.4, -0.2) is 58.6 Å². The van der Waals surface area contributed by atoms with Crippen LogP contribution in [0.15, 0.2) is 18.2 Å². The maximum absolute atomic E-state index is 11.0. The van der Waals surface area contributed by atoms with Gasteiger partial charge in [0.2, 0.25) is 0 Å². The summed E-state index contributed by atoms with van der Waals surface area (Å²) in [5.41, 5.74) is 0.997. The lowest BCUT2D eigenvalue weighted by Gasteiger charge is -2.46. The predicted molar refractivity (Wildman–Crippen MR) is 80.2 cm³/mol. The van der Waals surface area contributed by atoms with Gasteiger partial charge in [0.05, 0.1) is 5.69 Å². The fraction of sp³-hybridized carbons (Fsp3) is 0.625. The number of fused-ring (bicyclic) bond motifs is 1. The van der Waals surface area contributed by atoms with Gasteiger partial charge in [-0.05, 0) is 50.9 Å². The maximum Gasteiger partial charge on any atom is 0.354 e. The first kappa shape index (κ1) is 14.5. The summed E-state index contributed by atoms with van der Waals surface area (Å²) < 4.78 is 0. The zero-order valence-electron chi connectivity index (χ0n) is 12.5. The molecule has 2 atom stereocenters. The summed E-state index contributed by atoms with van der Waals surface area (Å²) in [7, 11) is 2.24. The standard InChI is InChI=1S/C16H23N3O2/c1-18-8-3-4-12-10-19(9-7-15(12)18)11-13-5-2-6-14(17-13)16(20)21/h2,5-6,12,15H,3-4,7-11H2,1H3,(H,20,21). The van der Waals surface area contributed by atoms with Gasteiger partial charge < -0.3 is 10.0 Å². The molecule has 0 bridgehead atoms. The summed E-state index contributed by atoms with van der Waals surface area (Å²) in [6, 6.07) is 5.99. The van der Waals surface area contributed by atoms with E-state index in [2.05, 4.69) is 21.8 Å². The molecule has 1 aromatic rings. The summed E-state index contributed by atoms with van der Waals surface area (Å²) in [6.45, 7) is 4.16. The molecule has 0 spiro atoms. The second kappa shape index (κ2) is 6.12. The van der Waals surface area contributed by atoms with Gasteiger partial charge in [-0.3, -0.25) is 4.90 Å². The molecule has 2 fully saturated rings. The maximum atomic E-state index is 11.0. The van der Waals surface area contributed by atoms with Gasteiger partial charge in [0.15, 0.2) is 0 Å². The van der Waals surface area contributed by atoms with E-state index in [1.54, 1.807) is 12.1 Å². The highest BCUT2D eigenvalue weighted by molar-refractivity contribution is 5.85. The van der Waals surface area contributed by atoms with Crippen molar-refractivity contribution in [3.05, 3.63) is 29.6 Å². The minimum absolute atomic E-state index is 0.139. The minimum Gasteiger partial charge on any atom is -0.477 e. The van der Waals surface area contributed by atoms with Crippen LogP contribution in [0.3, 0.4) is 0 Å². The molecule has 3 heterocycles. The Hall–Kier alpha value is -1.46. The van der Waals surface area contributed by atoms with E-state index in [0.717, 1.165) is 37.3 Å². The summed E-state index contributed by atoms with van der Waals surface area (Å²) in [4.78, 5) is 20.2. The lowest BCUT2D eigenvalue weighted by Crippen LogP contribution is -2.52. The molecule has 5 heteroatoms. The number of aromatic nitrogens is 1. The van der Waals surface area contributed by atoms with E-state index in [9.17, 15) is 4.79 Å². The molecule has 1 aromatic heterocycles. The quantitative estimate of drug-likeness (QED) is 0.918. The fourth-order valence-corrected chi connectivity index (χ4v) is 3.79. The monoisotopic (exact) mass is 289 g/mol. The van der Waals surface area contributed by atoms with E-state index in [1.807, 2.05) is 6.07 Å². The number of carbonyl (C=O) groups is 1. The molecule has 0 saturated carbocycles. The fourth-order valence-electron chi connectivity index (χ4n) is 3.79. The summed E-state index contributed by atoms with van der Waals surface area (Å²) in [5, 5.41) is 9.02. The first-order chi connectivity index (χ1) is 10.1. The van der Waals surface area contributed by atoms with Gasteiger partial charge in [0, 0.05) is 25.7 Å². The number of rotatable bonds is 3. The summed E-state index contributed by atoms with van der Waals surface area (Å²) in [6.07, 6.45) is 3.81. The Morgan fingerprint density at radius 3 is 3.05 bits per heavy atom. The van der Waals surface area contributed by atoms with Crippen molar-refractivity contribution < 1.29 is 9.90 Å². The van der Waals surface area contributed by atoms with Crippen molar-refractivity contribution in [3.63, 3.8) is 0 Å². The van der Waals surface area contributed by atoms with Crippen molar-refractivity contribution in [2.75, 3.05) is 26.7 Å². The van der Waals surface area contributed by atoms with Gasteiger partial charge in [0.25, 0.3) is 0 Å². The van der Waals surface area contributed by atoms with Gasteiger partial charge >= 0.3 is 5.97 Å². The number of piperidine rings is 2. The normalized spacial score (nSPS) is 27.3. The molecule has 0 aromatic carbocycles. The predicted octanol–water partition coefficient (Wildman–Crippen LogP) is 1.70. The van der Waals surface area contributed by atoms with Gasteiger partial charge in [-0.15, -0.1) is 0 Å². The third-order valence-electron chi connectivity index (χ3n) is 4.84.